The molecule has 0 bridgehead atoms. The summed E-state index contributed by atoms with van der Waals surface area (Å²) in [5, 5.41) is 3.59. The van der Waals surface area contributed by atoms with Crippen molar-refractivity contribution in [3.8, 4) is 0 Å². The third-order valence-corrected chi connectivity index (χ3v) is 2.73. The van der Waals surface area contributed by atoms with E-state index in [1.54, 1.807) is 12.1 Å². The van der Waals surface area contributed by atoms with Gasteiger partial charge in [0.2, 0.25) is 0 Å². The molecule has 1 rings (SSSR count). The Balaban J connectivity index is 2.82. The van der Waals surface area contributed by atoms with Crippen molar-refractivity contribution in [3.63, 3.8) is 0 Å². The molecule has 0 spiro atoms. The van der Waals surface area contributed by atoms with Crippen molar-refractivity contribution in [3.05, 3.63) is 47.3 Å². The molecule has 3 heteroatoms. The van der Waals surface area contributed by atoms with Crippen LogP contribution in [0.2, 0.25) is 5.02 Å². The Labute approximate surface area is 95.0 Å². The van der Waals surface area contributed by atoms with Crippen molar-refractivity contribution in [1.29, 1.82) is 0 Å². The molecule has 0 aliphatic rings. The van der Waals surface area contributed by atoms with Gasteiger partial charge in [-0.05, 0) is 32.0 Å². The number of likely N-dealkylation sites (N-methyl/N-ethyl adjacent to an activating group) is 1. The van der Waals surface area contributed by atoms with E-state index in [0.717, 1.165) is 6.42 Å². The molecule has 0 heterocycles. The van der Waals surface area contributed by atoms with Crippen molar-refractivity contribution in [2.45, 2.75) is 18.9 Å². The summed E-state index contributed by atoms with van der Waals surface area (Å²) >= 11 is 5.94. The highest BCUT2D eigenvalue weighted by atomic mass is 35.5. The molecule has 0 aliphatic heterocycles. The van der Waals surface area contributed by atoms with E-state index in [1.165, 1.54) is 6.07 Å². The second-order valence-corrected chi connectivity index (χ2v) is 3.82. The number of benzene rings is 1. The maximum absolute atomic E-state index is 13.4. The van der Waals surface area contributed by atoms with E-state index in [9.17, 15) is 4.39 Å². The van der Waals surface area contributed by atoms with E-state index >= 15 is 0 Å². The van der Waals surface area contributed by atoms with Crippen LogP contribution in [-0.2, 0) is 6.42 Å². The second kappa shape index (κ2) is 5.89. The minimum absolute atomic E-state index is 0.178. The zero-order valence-electron chi connectivity index (χ0n) is 8.76. The summed E-state index contributed by atoms with van der Waals surface area (Å²) in [4.78, 5) is 0. The number of hydrogen-bond acceptors (Lipinski definition) is 1. The summed E-state index contributed by atoms with van der Waals surface area (Å²) in [6.07, 6.45) is 3.19. The third-order valence-electron chi connectivity index (χ3n) is 2.37. The molecule has 1 aromatic rings. The van der Waals surface area contributed by atoms with Crippen molar-refractivity contribution in [1.82, 2.24) is 5.32 Å². The average molecular weight is 228 g/mol. The zero-order valence-corrected chi connectivity index (χ0v) is 9.52. The molecule has 0 aliphatic carbocycles. The Morgan fingerprint density at radius 1 is 1.60 bits per heavy atom. The molecule has 1 nitrogen and oxygen atoms in total. The largest absolute Gasteiger partial charge is 0.316 e. The van der Waals surface area contributed by atoms with Crippen LogP contribution >= 0.6 is 11.6 Å². The third kappa shape index (κ3) is 3.33. The smallest absolute Gasteiger partial charge is 0.127 e. The van der Waals surface area contributed by atoms with Gasteiger partial charge in [-0.2, -0.15) is 0 Å². The standard InChI is InChI=1S/C12H15ClFN/c1-3-5-9(15-2)8-10-11(13)6-4-7-12(10)14/h3-4,6-7,9,15H,1,5,8H2,2H3. The summed E-state index contributed by atoms with van der Waals surface area (Å²) in [5.74, 6) is -0.244. The molecule has 0 aromatic heterocycles. The van der Waals surface area contributed by atoms with Crippen LogP contribution in [0, 0.1) is 5.82 Å². The fourth-order valence-electron chi connectivity index (χ4n) is 1.48. The summed E-state index contributed by atoms with van der Waals surface area (Å²) in [6.45, 7) is 3.67. The Bertz CT molecular complexity index is 318. The van der Waals surface area contributed by atoms with E-state index in [2.05, 4.69) is 11.9 Å². The van der Waals surface area contributed by atoms with Gasteiger partial charge in [0.05, 0.1) is 0 Å². The Morgan fingerprint density at radius 3 is 2.87 bits per heavy atom. The molecule has 82 valence electrons. The van der Waals surface area contributed by atoms with Crippen molar-refractivity contribution in [2.75, 3.05) is 7.05 Å². The maximum Gasteiger partial charge on any atom is 0.127 e. The van der Waals surface area contributed by atoms with Gasteiger partial charge in [-0.3, -0.25) is 0 Å². The minimum atomic E-state index is -0.244. The van der Waals surface area contributed by atoms with Crippen LogP contribution in [0.5, 0.6) is 0 Å². The monoisotopic (exact) mass is 227 g/mol. The number of rotatable bonds is 5. The Kier molecular flexibility index (Phi) is 4.79. The fourth-order valence-corrected chi connectivity index (χ4v) is 1.72. The van der Waals surface area contributed by atoms with Crippen LogP contribution < -0.4 is 5.32 Å². The topological polar surface area (TPSA) is 12.0 Å². The van der Waals surface area contributed by atoms with Crippen LogP contribution in [0.15, 0.2) is 30.9 Å². The van der Waals surface area contributed by atoms with Crippen LogP contribution in [0.1, 0.15) is 12.0 Å². The molecule has 1 N–H and O–H groups in total. The fraction of sp³-hybridized carbons (Fsp3) is 0.333. The van der Waals surface area contributed by atoms with Crippen molar-refractivity contribution in [2.24, 2.45) is 0 Å². The lowest BCUT2D eigenvalue weighted by Gasteiger charge is -2.15. The molecular weight excluding hydrogens is 213 g/mol. The maximum atomic E-state index is 13.4. The lowest BCUT2D eigenvalue weighted by atomic mass is 10.0. The second-order valence-electron chi connectivity index (χ2n) is 3.41. The normalized spacial score (nSPS) is 12.5. The Morgan fingerprint density at radius 2 is 2.33 bits per heavy atom. The number of halogens is 2. The average Bonchev–Trinajstić information content (AvgIpc) is 2.22. The summed E-state index contributed by atoms with van der Waals surface area (Å²) in [7, 11) is 1.85. The molecule has 1 unspecified atom stereocenters. The number of nitrogens with one attached hydrogen (secondary N) is 1. The molecule has 1 atom stereocenters. The van der Waals surface area contributed by atoms with E-state index in [-0.39, 0.29) is 11.9 Å². The zero-order chi connectivity index (χ0) is 11.3. The molecular formula is C12H15ClFN. The van der Waals surface area contributed by atoms with E-state index in [0.29, 0.717) is 17.0 Å². The summed E-state index contributed by atoms with van der Waals surface area (Å²) < 4.78 is 13.4. The van der Waals surface area contributed by atoms with Gasteiger partial charge >= 0.3 is 0 Å². The molecule has 0 saturated carbocycles. The lowest BCUT2D eigenvalue weighted by Crippen LogP contribution is -2.27. The minimum Gasteiger partial charge on any atom is -0.316 e. The summed E-state index contributed by atoms with van der Waals surface area (Å²) in [5.41, 5.74) is 0.570. The van der Waals surface area contributed by atoms with Crippen molar-refractivity contribution < 1.29 is 4.39 Å². The van der Waals surface area contributed by atoms with Crippen LogP contribution in [-0.4, -0.2) is 13.1 Å². The first-order valence-electron chi connectivity index (χ1n) is 4.90. The quantitative estimate of drug-likeness (QED) is 0.762. The highest BCUT2D eigenvalue weighted by molar-refractivity contribution is 6.31. The molecule has 0 radical (unpaired) electrons. The van der Waals surface area contributed by atoms with Gasteiger partial charge in [-0.25, -0.2) is 4.39 Å². The van der Waals surface area contributed by atoms with Gasteiger partial charge in [0, 0.05) is 16.6 Å². The number of hydrogen-bond donors (Lipinski definition) is 1. The molecule has 0 saturated heterocycles. The van der Waals surface area contributed by atoms with Gasteiger partial charge in [-0.1, -0.05) is 23.7 Å². The van der Waals surface area contributed by atoms with Gasteiger partial charge in [-0.15, -0.1) is 6.58 Å². The lowest BCUT2D eigenvalue weighted by molar-refractivity contribution is 0.539. The molecule has 1 aromatic carbocycles. The van der Waals surface area contributed by atoms with Crippen LogP contribution in [0.3, 0.4) is 0 Å². The highest BCUT2D eigenvalue weighted by Gasteiger charge is 2.12. The van der Waals surface area contributed by atoms with Gasteiger partial charge in [0.1, 0.15) is 5.82 Å². The van der Waals surface area contributed by atoms with Crippen molar-refractivity contribution >= 4 is 11.6 Å². The van der Waals surface area contributed by atoms with E-state index < -0.39 is 0 Å². The highest BCUT2D eigenvalue weighted by Crippen LogP contribution is 2.21. The molecule has 0 amide bonds. The SMILES string of the molecule is C=CCC(Cc1c(F)cccc1Cl)NC. The van der Waals surface area contributed by atoms with Crippen LogP contribution in [0.4, 0.5) is 4.39 Å². The van der Waals surface area contributed by atoms with Crippen LogP contribution in [0.25, 0.3) is 0 Å². The molecule has 15 heavy (non-hydrogen) atoms. The summed E-state index contributed by atoms with van der Waals surface area (Å²) in [6, 6.07) is 4.93. The van der Waals surface area contributed by atoms with E-state index in [1.807, 2.05) is 13.1 Å². The predicted molar refractivity (Wildman–Crippen MR) is 62.8 cm³/mol. The van der Waals surface area contributed by atoms with Gasteiger partial charge < -0.3 is 5.32 Å². The first-order chi connectivity index (χ1) is 7.19. The van der Waals surface area contributed by atoms with E-state index in [4.69, 9.17) is 11.6 Å². The first-order valence-corrected chi connectivity index (χ1v) is 5.28. The van der Waals surface area contributed by atoms with Gasteiger partial charge in [0.15, 0.2) is 0 Å². The first kappa shape index (κ1) is 12.2. The molecule has 0 fully saturated rings. The van der Waals surface area contributed by atoms with Gasteiger partial charge in [0.25, 0.3) is 0 Å². The predicted octanol–water partition coefficient (Wildman–Crippen LogP) is 3.19. The Hall–Kier alpha value is -0.860.